The molecule has 2 aliphatic heterocycles. The molecule has 194 valence electrons. The number of pyridine rings is 1. The summed E-state index contributed by atoms with van der Waals surface area (Å²) in [5, 5.41) is 2.79. The number of benzene rings is 1. The first-order valence-electron chi connectivity index (χ1n) is 11.5. The summed E-state index contributed by atoms with van der Waals surface area (Å²) in [5.41, 5.74) is 6.98. The van der Waals surface area contributed by atoms with E-state index >= 15 is 0 Å². The van der Waals surface area contributed by atoms with E-state index < -0.39 is 23.8 Å². The molecular weight excluding hydrogens is 474 g/mol. The van der Waals surface area contributed by atoms with Crippen molar-refractivity contribution in [1.29, 1.82) is 0 Å². The van der Waals surface area contributed by atoms with E-state index in [9.17, 15) is 23.2 Å². The Morgan fingerprint density at radius 1 is 1.22 bits per heavy atom. The third-order valence-electron chi connectivity index (χ3n) is 5.80. The van der Waals surface area contributed by atoms with Gasteiger partial charge in [-0.3, -0.25) is 19.5 Å². The molecule has 2 aliphatic rings. The Hall–Kier alpha value is -3.64. The maximum atomic E-state index is 14.7. The van der Waals surface area contributed by atoms with Crippen LogP contribution in [-0.2, 0) is 9.53 Å². The minimum absolute atomic E-state index is 0.0459. The van der Waals surface area contributed by atoms with Crippen molar-refractivity contribution in [2.75, 3.05) is 62.7 Å². The Kier molecular flexibility index (Phi) is 9.25. The average Bonchev–Trinajstić information content (AvgIpc) is 3.26. The molecule has 2 amide bonds. The van der Waals surface area contributed by atoms with Gasteiger partial charge in [-0.25, -0.2) is 13.6 Å². The van der Waals surface area contributed by atoms with Crippen LogP contribution >= 0.6 is 0 Å². The zero-order valence-electron chi connectivity index (χ0n) is 20.2. The Morgan fingerprint density at radius 3 is 2.39 bits per heavy atom. The molecule has 10 nitrogen and oxygen atoms in total. The molecule has 2 aromatic rings. The topological polar surface area (TPSA) is 121 Å². The average molecular weight is 505 g/mol. The Balaban J connectivity index is 0.000000338. The first kappa shape index (κ1) is 27.0. The van der Waals surface area contributed by atoms with Crippen molar-refractivity contribution >= 4 is 29.7 Å². The molecule has 1 aromatic carbocycles. The van der Waals surface area contributed by atoms with Crippen LogP contribution in [0.15, 0.2) is 30.5 Å². The number of anilines is 2. The number of carbonyl (C=O) groups excluding carboxylic acids is 3. The van der Waals surface area contributed by atoms with Crippen LogP contribution in [0.5, 0.6) is 0 Å². The largest absolute Gasteiger partial charge is 0.443 e. The summed E-state index contributed by atoms with van der Waals surface area (Å²) in [6, 6.07) is 5.80. The normalized spacial score (nSPS) is 17.4. The van der Waals surface area contributed by atoms with E-state index in [1.54, 1.807) is 29.1 Å². The SMILES string of the molecule is CNCC(=O)N1CCN(c2c(F)cc(N3CC(CN)OC3=O)cc2F)CC1.Cc1ccc(C=O)cn1. The van der Waals surface area contributed by atoms with Gasteiger partial charge >= 0.3 is 6.09 Å². The number of rotatable bonds is 6. The third kappa shape index (κ3) is 6.52. The predicted octanol–water partition coefficient (Wildman–Crippen LogP) is 1.32. The number of nitrogens with one attached hydrogen (secondary N) is 1. The first-order chi connectivity index (χ1) is 17.3. The van der Waals surface area contributed by atoms with Crippen molar-refractivity contribution < 1.29 is 27.9 Å². The van der Waals surface area contributed by atoms with Gasteiger partial charge in [-0.05, 0) is 26.1 Å². The fourth-order valence-electron chi connectivity index (χ4n) is 3.86. The molecule has 0 radical (unpaired) electrons. The van der Waals surface area contributed by atoms with E-state index in [0.717, 1.165) is 24.1 Å². The second-order valence-electron chi connectivity index (χ2n) is 8.36. The number of aryl methyl sites for hydroxylation is 1. The molecule has 1 unspecified atom stereocenters. The summed E-state index contributed by atoms with van der Waals surface area (Å²) < 4.78 is 34.3. The Labute approximate surface area is 208 Å². The lowest BCUT2D eigenvalue weighted by Gasteiger charge is -2.36. The molecule has 2 fully saturated rings. The lowest BCUT2D eigenvalue weighted by molar-refractivity contribution is -0.130. The van der Waals surface area contributed by atoms with Gasteiger partial charge in [-0.15, -0.1) is 0 Å². The zero-order valence-corrected chi connectivity index (χ0v) is 20.2. The van der Waals surface area contributed by atoms with E-state index in [1.165, 1.54) is 4.90 Å². The van der Waals surface area contributed by atoms with Crippen LogP contribution in [0.1, 0.15) is 16.1 Å². The van der Waals surface area contributed by atoms with Gasteiger partial charge in [0, 0.05) is 62.3 Å². The lowest BCUT2D eigenvalue weighted by Crippen LogP contribution is -2.51. The molecule has 0 aliphatic carbocycles. The lowest BCUT2D eigenvalue weighted by atomic mass is 10.2. The van der Waals surface area contributed by atoms with Gasteiger partial charge in [0.15, 0.2) is 17.9 Å². The van der Waals surface area contributed by atoms with Crippen LogP contribution in [0, 0.1) is 18.6 Å². The molecule has 4 rings (SSSR count). The molecule has 0 spiro atoms. The Bertz CT molecular complexity index is 1050. The van der Waals surface area contributed by atoms with Gasteiger partial charge in [-0.1, -0.05) is 0 Å². The fraction of sp³-hybridized carbons (Fsp3) is 0.417. The highest BCUT2D eigenvalue weighted by atomic mass is 19.1. The zero-order chi connectivity index (χ0) is 26.2. The summed E-state index contributed by atoms with van der Waals surface area (Å²) in [6.07, 6.45) is 1.18. The van der Waals surface area contributed by atoms with Gasteiger partial charge in [0.05, 0.1) is 18.8 Å². The highest BCUT2D eigenvalue weighted by molar-refractivity contribution is 5.90. The van der Waals surface area contributed by atoms with Crippen LogP contribution in [-0.4, -0.2) is 87.1 Å². The standard InChI is InChI=1S/C17H23F2N5O3.C7H7NO/c1-21-9-15(25)22-2-4-23(5-3-22)16-13(18)6-11(7-14(16)19)24-10-12(8-20)27-17(24)26;1-6-2-3-7(5-9)4-8-6/h6-7,12,21H,2-5,8-10,20H2,1H3;2-5H,1H3. The number of aromatic nitrogens is 1. The number of ether oxygens (including phenoxy) is 1. The maximum Gasteiger partial charge on any atom is 0.414 e. The van der Waals surface area contributed by atoms with E-state index in [-0.39, 0.29) is 36.9 Å². The molecule has 12 heteroatoms. The quantitative estimate of drug-likeness (QED) is 0.565. The summed E-state index contributed by atoms with van der Waals surface area (Å²) in [7, 11) is 1.69. The summed E-state index contributed by atoms with van der Waals surface area (Å²) in [4.78, 5) is 42.1. The van der Waals surface area contributed by atoms with Crippen LogP contribution in [0.3, 0.4) is 0 Å². The number of likely N-dealkylation sites (N-methyl/N-ethyl adjacent to an activating group) is 1. The third-order valence-corrected chi connectivity index (χ3v) is 5.80. The van der Waals surface area contributed by atoms with Crippen molar-refractivity contribution in [3.05, 3.63) is 53.4 Å². The molecule has 36 heavy (non-hydrogen) atoms. The molecule has 3 N–H and O–H groups in total. The molecule has 3 heterocycles. The number of piperazine rings is 1. The van der Waals surface area contributed by atoms with E-state index in [0.29, 0.717) is 31.7 Å². The van der Waals surface area contributed by atoms with Crippen LogP contribution in [0.4, 0.5) is 25.0 Å². The van der Waals surface area contributed by atoms with Crippen LogP contribution in [0.25, 0.3) is 0 Å². The second kappa shape index (κ2) is 12.4. The fourth-order valence-corrected chi connectivity index (χ4v) is 3.86. The first-order valence-corrected chi connectivity index (χ1v) is 11.5. The monoisotopic (exact) mass is 504 g/mol. The number of hydrogen-bond donors (Lipinski definition) is 2. The van der Waals surface area contributed by atoms with Crippen molar-refractivity contribution in [3.63, 3.8) is 0 Å². The van der Waals surface area contributed by atoms with E-state index in [1.807, 2.05) is 13.0 Å². The molecule has 1 aromatic heterocycles. The van der Waals surface area contributed by atoms with E-state index in [4.69, 9.17) is 10.5 Å². The van der Waals surface area contributed by atoms with Crippen molar-refractivity contribution in [2.24, 2.45) is 5.73 Å². The highest BCUT2D eigenvalue weighted by Gasteiger charge is 2.33. The van der Waals surface area contributed by atoms with E-state index in [2.05, 4.69) is 10.3 Å². The Morgan fingerprint density at radius 2 is 1.89 bits per heavy atom. The molecule has 0 bridgehead atoms. The molecule has 1 atom stereocenters. The minimum Gasteiger partial charge on any atom is -0.443 e. The van der Waals surface area contributed by atoms with Crippen molar-refractivity contribution in [2.45, 2.75) is 13.0 Å². The highest BCUT2D eigenvalue weighted by Crippen LogP contribution is 2.31. The predicted molar refractivity (Wildman–Crippen MR) is 130 cm³/mol. The number of hydrogen-bond acceptors (Lipinski definition) is 8. The van der Waals surface area contributed by atoms with Gasteiger partial charge in [-0.2, -0.15) is 0 Å². The minimum atomic E-state index is -0.760. The van der Waals surface area contributed by atoms with Gasteiger partial charge in [0.2, 0.25) is 5.91 Å². The number of amides is 2. The molecule has 2 saturated heterocycles. The smallest absolute Gasteiger partial charge is 0.414 e. The number of aldehydes is 1. The second-order valence-corrected chi connectivity index (χ2v) is 8.36. The summed E-state index contributed by atoms with van der Waals surface area (Å²) >= 11 is 0. The summed E-state index contributed by atoms with van der Waals surface area (Å²) in [5.74, 6) is -1.57. The molecule has 0 saturated carbocycles. The number of cyclic esters (lactones) is 1. The van der Waals surface area contributed by atoms with Crippen molar-refractivity contribution in [1.82, 2.24) is 15.2 Å². The summed E-state index contributed by atoms with van der Waals surface area (Å²) in [6.45, 7) is 3.83. The number of halogens is 2. The number of carbonyl (C=O) groups is 3. The molecular formula is C24H30F2N6O4. The van der Waals surface area contributed by atoms with Crippen LogP contribution < -0.4 is 20.9 Å². The van der Waals surface area contributed by atoms with Gasteiger partial charge in [0.1, 0.15) is 11.8 Å². The van der Waals surface area contributed by atoms with Gasteiger partial charge < -0.3 is 25.6 Å². The van der Waals surface area contributed by atoms with Gasteiger partial charge in [0.25, 0.3) is 0 Å². The van der Waals surface area contributed by atoms with Crippen LogP contribution in [0.2, 0.25) is 0 Å². The number of nitrogens with zero attached hydrogens (tertiary/aromatic N) is 4. The van der Waals surface area contributed by atoms with Crippen molar-refractivity contribution in [3.8, 4) is 0 Å². The number of nitrogens with two attached hydrogens (primary N) is 1. The maximum absolute atomic E-state index is 14.7.